The summed E-state index contributed by atoms with van der Waals surface area (Å²) in [5, 5.41) is 18.3. The van der Waals surface area contributed by atoms with Gasteiger partial charge in [-0.05, 0) is 55.6 Å². The Hall–Kier alpha value is -2.64. The number of piperidine rings is 1. The summed E-state index contributed by atoms with van der Waals surface area (Å²) in [6, 6.07) is 1.39. The highest BCUT2D eigenvalue weighted by molar-refractivity contribution is 7.89. The SMILES string of the molecule is CC1[C@H]2CC(N3c4nc(NC5CCN(S(=O)(=O)c6ccn(C)n6)CC5)ncc4C=C(C(F)F)C3O)C[C@@H]12. The number of aryl methyl sites for hydroxylation is 1. The van der Waals surface area contributed by atoms with E-state index < -0.39 is 22.7 Å². The van der Waals surface area contributed by atoms with Crippen LogP contribution in [0, 0.1) is 17.8 Å². The van der Waals surface area contributed by atoms with E-state index >= 15 is 0 Å². The van der Waals surface area contributed by atoms with Gasteiger partial charge in [0.2, 0.25) is 5.95 Å². The number of nitrogens with zero attached hydrogens (tertiary/aromatic N) is 6. The molecule has 0 bridgehead atoms. The van der Waals surface area contributed by atoms with Crippen LogP contribution < -0.4 is 10.2 Å². The van der Waals surface area contributed by atoms with E-state index in [1.165, 1.54) is 27.3 Å². The number of nitrogens with one attached hydrogen (secondary N) is 1. The van der Waals surface area contributed by atoms with E-state index in [0.717, 1.165) is 12.8 Å². The topological polar surface area (TPSA) is 116 Å². The lowest BCUT2D eigenvalue weighted by molar-refractivity contribution is 0.118. The first-order valence-corrected chi connectivity index (χ1v) is 14.2. The molecule has 10 nitrogen and oxygen atoms in total. The van der Waals surface area contributed by atoms with Gasteiger partial charge in [0.15, 0.2) is 11.3 Å². The molecule has 2 aliphatic carbocycles. The molecule has 2 aliphatic heterocycles. The maximum Gasteiger partial charge on any atom is 0.264 e. The Morgan fingerprint density at radius 1 is 1.19 bits per heavy atom. The average Bonchev–Trinajstić information content (AvgIpc) is 3.23. The summed E-state index contributed by atoms with van der Waals surface area (Å²) in [6.07, 6.45) is 3.04. The third-order valence-corrected chi connectivity index (χ3v) is 10.3. The van der Waals surface area contributed by atoms with E-state index in [9.17, 15) is 22.3 Å². The zero-order chi connectivity index (χ0) is 26.1. The number of alkyl halides is 2. The first kappa shape index (κ1) is 24.7. The van der Waals surface area contributed by atoms with E-state index in [4.69, 9.17) is 0 Å². The summed E-state index contributed by atoms with van der Waals surface area (Å²) in [5.74, 6) is 2.61. The summed E-state index contributed by atoms with van der Waals surface area (Å²) in [5.41, 5.74) is 0.142. The molecule has 5 atom stereocenters. The maximum absolute atomic E-state index is 13.7. The highest BCUT2D eigenvalue weighted by Crippen LogP contribution is 2.59. The summed E-state index contributed by atoms with van der Waals surface area (Å²) in [6.45, 7) is 2.87. The number of aromatic nitrogens is 4. The lowest BCUT2D eigenvalue weighted by atomic mass is 9.99. The van der Waals surface area contributed by atoms with Crippen molar-refractivity contribution in [2.45, 2.75) is 62.4 Å². The number of rotatable bonds is 6. The minimum absolute atomic E-state index is 0.0354. The number of halogens is 2. The van der Waals surface area contributed by atoms with Gasteiger partial charge >= 0.3 is 0 Å². The Balaban J connectivity index is 1.18. The molecule has 0 aromatic carbocycles. The van der Waals surface area contributed by atoms with Crippen LogP contribution in [-0.4, -0.2) is 75.4 Å². The van der Waals surface area contributed by atoms with Crippen LogP contribution >= 0.6 is 0 Å². The van der Waals surface area contributed by atoms with Gasteiger partial charge in [0, 0.05) is 55.8 Å². The zero-order valence-corrected chi connectivity index (χ0v) is 21.5. The van der Waals surface area contributed by atoms with Crippen molar-refractivity contribution in [1.82, 2.24) is 24.1 Å². The third kappa shape index (κ3) is 4.30. The Kier molecular flexibility index (Phi) is 5.99. The average molecular weight is 536 g/mol. The summed E-state index contributed by atoms with van der Waals surface area (Å²) >= 11 is 0. The van der Waals surface area contributed by atoms with Crippen LogP contribution in [-0.2, 0) is 17.1 Å². The Labute approximate surface area is 214 Å². The molecule has 13 heteroatoms. The molecule has 3 fully saturated rings. The summed E-state index contributed by atoms with van der Waals surface area (Å²) in [4.78, 5) is 10.7. The van der Waals surface area contributed by atoms with Crippen LogP contribution in [0.5, 0.6) is 0 Å². The van der Waals surface area contributed by atoms with Crippen molar-refractivity contribution in [3.63, 3.8) is 0 Å². The van der Waals surface area contributed by atoms with Crippen LogP contribution in [0.25, 0.3) is 6.08 Å². The number of hydrogen-bond acceptors (Lipinski definition) is 8. The molecule has 0 radical (unpaired) electrons. The Morgan fingerprint density at radius 2 is 1.89 bits per heavy atom. The minimum Gasteiger partial charge on any atom is -0.369 e. The van der Waals surface area contributed by atoms with Gasteiger partial charge in [0.1, 0.15) is 5.82 Å². The van der Waals surface area contributed by atoms with Gasteiger partial charge in [-0.3, -0.25) is 4.68 Å². The quantitative estimate of drug-likeness (QED) is 0.579. The Morgan fingerprint density at radius 3 is 2.51 bits per heavy atom. The molecule has 2 aromatic rings. The standard InChI is InChI=1S/C24H31F2N7O3S/c1-13-17-10-16(11-18(13)17)33-22-14(9-19(21(25)26)23(33)34)12-27-24(29-22)28-15-3-7-32(8-4-15)37(35,36)20-5-6-31(2)30-20/h5-6,9,12-13,15-18,21,23,34H,3-4,7-8,10-11H2,1-2H3,(H,27,28,29)/t13?,16?,17-,18+,23?. The number of anilines is 2. The number of hydrogen-bond donors (Lipinski definition) is 2. The summed E-state index contributed by atoms with van der Waals surface area (Å²) in [7, 11) is -1.98. The highest BCUT2D eigenvalue weighted by atomic mass is 32.2. The fourth-order valence-electron chi connectivity index (χ4n) is 6.29. The monoisotopic (exact) mass is 535 g/mol. The second-order valence-corrected chi connectivity index (χ2v) is 12.5. The van der Waals surface area contributed by atoms with E-state index in [1.807, 2.05) is 0 Å². The first-order valence-electron chi connectivity index (χ1n) is 12.7. The van der Waals surface area contributed by atoms with Gasteiger partial charge in [-0.2, -0.15) is 14.4 Å². The maximum atomic E-state index is 13.7. The van der Waals surface area contributed by atoms with Crippen LogP contribution in [0.2, 0.25) is 0 Å². The molecular formula is C24H31F2N7O3S. The molecule has 2 aromatic heterocycles. The van der Waals surface area contributed by atoms with Gasteiger partial charge in [-0.25, -0.2) is 22.2 Å². The predicted octanol–water partition coefficient (Wildman–Crippen LogP) is 2.31. The van der Waals surface area contributed by atoms with Gasteiger partial charge in [0.05, 0.1) is 0 Å². The normalized spacial score (nSPS) is 30.3. The number of fused-ring (bicyclic) bond motifs is 2. The van der Waals surface area contributed by atoms with Crippen molar-refractivity contribution in [3.8, 4) is 0 Å². The number of sulfonamides is 1. The van der Waals surface area contributed by atoms with Crippen LogP contribution in [0.1, 0.15) is 38.2 Å². The highest BCUT2D eigenvalue weighted by Gasteiger charge is 2.55. The molecule has 4 heterocycles. The van der Waals surface area contributed by atoms with Gasteiger partial charge in [0.25, 0.3) is 16.4 Å². The Bertz CT molecular complexity index is 1310. The fraction of sp³-hybridized carbons (Fsp3) is 0.625. The molecule has 37 heavy (non-hydrogen) atoms. The minimum atomic E-state index is -3.65. The van der Waals surface area contributed by atoms with Crippen molar-refractivity contribution in [2.75, 3.05) is 23.3 Å². The number of aliphatic hydroxyl groups excluding tert-OH is 1. The van der Waals surface area contributed by atoms with Crippen LogP contribution in [0.4, 0.5) is 20.5 Å². The molecule has 0 amide bonds. The van der Waals surface area contributed by atoms with E-state index in [2.05, 4.69) is 27.3 Å². The van der Waals surface area contributed by atoms with E-state index in [-0.39, 0.29) is 22.7 Å². The van der Waals surface area contributed by atoms with Crippen molar-refractivity contribution < 1.29 is 22.3 Å². The lowest BCUT2D eigenvalue weighted by Gasteiger charge is -2.40. The van der Waals surface area contributed by atoms with Crippen LogP contribution in [0.3, 0.4) is 0 Å². The second kappa shape index (κ2) is 8.98. The fourth-order valence-corrected chi connectivity index (χ4v) is 7.71. The van der Waals surface area contributed by atoms with Gasteiger partial charge in [-0.1, -0.05) is 6.92 Å². The molecular weight excluding hydrogens is 504 g/mol. The van der Waals surface area contributed by atoms with Crippen molar-refractivity contribution in [2.24, 2.45) is 24.8 Å². The molecule has 1 saturated heterocycles. The molecule has 3 unspecified atom stereocenters. The number of aliphatic hydroxyl groups is 1. The molecule has 200 valence electrons. The van der Waals surface area contributed by atoms with Crippen molar-refractivity contribution in [1.29, 1.82) is 0 Å². The van der Waals surface area contributed by atoms with Gasteiger partial charge < -0.3 is 15.3 Å². The first-order chi connectivity index (χ1) is 17.6. The largest absolute Gasteiger partial charge is 0.369 e. The third-order valence-electron chi connectivity index (χ3n) is 8.50. The predicted molar refractivity (Wildman–Crippen MR) is 132 cm³/mol. The molecule has 2 saturated carbocycles. The summed E-state index contributed by atoms with van der Waals surface area (Å²) < 4.78 is 56.1. The van der Waals surface area contributed by atoms with Crippen molar-refractivity contribution in [3.05, 3.63) is 29.6 Å². The zero-order valence-electron chi connectivity index (χ0n) is 20.7. The molecule has 2 N–H and O–H groups in total. The molecule has 6 rings (SSSR count). The van der Waals surface area contributed by atoms with E-state index in [0.29, 0.717) is 61.0 Å². The van der Waals surface area contributed by atoms with Gasteiger partial charge in [-0.15, -0.1) is 0 Å². The molecule has 4 aliphatic rings. The van der Waals surface area contributed by atoms with Crippen LogP contribution in [0.15, 0.2) is 29.1 Å². The smallest absolute Gasteiger partial charge is 0.264 e. The second-order valence-electron chi connectivity index (χ2n) is 10.7. The molecule has 0 spiro atoms. The lowest BCUT2D eigenvalue weighted by Crippen LogP contribution is -2.48. The van der Waals surface area contributed by atoms with E-state index in [1.54, 1.807) is 18.1 Å². The van der Waals surface area contributed by atoms with Crippen molar-refractivity contribution >= 4 is 27.9 Å².